The highest BCUT2D eigenvalue weighted by Gasteiger charge is 2.22. The molecule has 2 aromatic rings. The summed E-state index contributed by atoms with van der Waals surface area (Å²) in [5, 5.41) is 3.97. The fraction of sp³-hybridized carbons (Fsp3) is 0.368. The van der Waals surface area contributed by atoms with Crippen molar-refractivity contribution in [2.45, 2.75) is 26.7 Å². The van der Waals surface area contributed by atoms with Crippen molar-refractivity contribution >= 4 is 28.9 Å². The van der Waals surface area contributed by atoms with Gasteiger partial charge in [0.25, 0.3) is 5.91 Å². The average molecular weight is 344 g/mol. The van der Waals surface area contributed by atoms with E-state index >= 15 is 0 Å². The summed E-state index contributed by atoms with van der Waals surface area (Å²) in [5.74, 6) is 0.724. The molecule has 0 radical (unpaired) electrons. The predicted octanol–water partition coefficient (Wildman–Crippen LogP) is 4.66. The first-order valence-electron chi connectivity index (χ1n) is 8.31. The molecule has 24 heavy (non-hydrogen) atoms. The van der Waals surface area contributed by atoms with Crippen LogP contribution in [0.25, 0.3) is 0 Å². The number of piperidine rings is 1. The molecule has 3 rings (SSSR count). The minimum Gasteiger partial charge on any atom is -0.354 e. The van der Waals surface area contributed by atoms with Crippen molar-refractivity contribution in [2.24, 2.45) is 5.92 Å². The summed E-state index contributed by atoms with van der Waals surface area (Å²) in [6, 6.07) is 9.46. The lowest BCUT2D eigenvalue weighted by atomic mass is 9.99. The Bertz CT molecular complexity index is 722. The maximum Gasteiger partial charge on any atom is 0.272 e. The number of rotatable bonds is 3. The van der Waals surface area contributed by atoms with E-state index in [-0.39, 0.29) is 5.91 Å². The van der Waals surface area contributed by atoms with E-state index in [0.29, 0.717) is 11.6 Å². The molecule has 0 atom stereocenters. The van der Waals surface area contributed by atoms with Gasteiger partial charge in [0.1, 0.15) is 5.69 Å². The van der Waals surface area contributed by atoms with Gasteiger partial charge < -0.3 is 10.2 Å². The molecule has 1 fully saturated rings. The van der Waals surface area contributed by atoms with Crippen LogP contribution in [0, 0.1) is 12.8 Å². The molecule has 1 N–H and O–H groups in total. The van der Waals surface area contributed by atoms with Crippen LogP contribution in [0.1, 0.15) is 35.8 Å². The first kappa shape index (κ1) is 16.8. The highest BCUT2D eigenvalue weighted by Crippen LogP contribution is 2.23. The number of likely N-dealkylation sites (tertiary alicyclic amines) is 1. The Balaban J connectivity index is 1.66. The molecule has 1 aromatic heterocycles. The second-order valence-electron chi connectivity index (χ2n) is 6.50. The molecule has 1 amide bonds. The summed E-state index contributed by atoms with van der Waals surface area (Å²) in [4.78, 5) is 18.7. The Morgan fingerprint density at radius 3 is 2.54 bits per heavy atom. The molecule has 4 nitrogen and oxygen atoms in total. The number of nitrogens with one attached hydrogen (secondary N) is 1. The summed E-state index contributed by atoms with van der Waals surface area (Å²) in [6.45, 7) is 5.85. The molecule has 5 heteroatoms. The summed E-state index contributed by atoms with van der Waals surface area (Å²) >= 11 is 6.14. The predicted molar refractivity (Wildman–Crippen MR) is 98.0 cm³/mol. The van der Waals surface area contributed by atoms with Gasteiger partial charge in [0, 0.05) is 23.8 Å². The van der Waals surface area contributed by atoms with Crippen molar-refractivity contribution in [1.29, 1.82) is 0 Å². The van der Waals surface area contributed by atoms with Gasteiger partial charge in [0.05, 0.1) is 11.9 Å². The SMILES string of the molecule is Cc1ccc(Nc2ccc(C(=O)N3CCC(C)CC3)nc2)cc1Cl. The number of halogens is 1. The number of amides is 1. The molecule has 126 valence electrons. The van der Waals surface area contributed by atoms with Crippen LogP contribution in [0.3, 0.4) is 0 Å². The van der Waals surface area contributed by atoms with Crippen molar-refractivity contribution in [2.75, 3.05) is 18.4 Å². The Labute approximate surface area is 147 Å². The fourth-order valence-corrected chi connectivity index (χ4v) is 2.99. The molecule has 0 bridgehead atoms. The zero-order valence-electron chi connectivity index (χ0n) is 14.1. The van der Waals surface area contributed by atoms with Crippen LogP contribution in [0.15, 0.2) is 36.5 Å². The van der Waals surface area contributed by atoms with Gasteiger partial charge >= 0.3 is 0 Å². The monoisotopic (exact) mass is 343 g/mol. The molecule has 1 aromatic carbocycles. The summed E-state index contributed by atoms with van der Waals surface area (Å²) in [6.07, 6.45) is 3.83. The fourth-order valence-electron chi connectivity index (χ4n) is 2.81. The molecule has 2 heterocycles. The Morgan fingerprint density at radius 2 is 1.92 bits per heavy atom. The topological polar surface area (TPSA) is 45.2 Å². The number of hydrogen-bond donors (Lipinski definition) is 1. The molecular formula is C19H22ClN3O. The third kappa shape index (κ3) is 3.88. The molecule has 0 saturated carbocycles. The van der Waals surface area contributed by atoms with E-state index in [1.807, 2.05) is 36.1 Å². The van der Waals surface area contributed by atoms with Gasteiger partial charge in [-0.2, -0.15) is 0 Å². The number of aromatic nitrogens is 1. The second kappa shape index (κ2) is 7.22. The van der Waals surface area contributed by atoms with E-state index < -0.39 is 0 Å². The van der Waals surface area contributed by atoms with Crippen molar-refractivity contribution in [1.82, 2.24) is 9.88 Å². The lowest BCUT2D eigenvalue weighted by molar-refractivity contribution is 0.0691. The minimum atomic E-state index is 0.0202. The number of carbonyl (C=O) groups is 1. The number of aryl methyl sites for hydroxylation is 1. The van der Waals surface area contributed by atoms with E-state index in [1.165, 1.54) is 0 Å². The Hall–Kier alpha value is -2.07. The molecule has 1 aliphatic heterocycles. The van der Waals surface area contributed by atoms with Crippen molar-refractivity contribution < 1.29 is 4.79 Å². The van der Waals surface area contributed by atoms with Gasteiger partial charge in [0.2, 0.25) is 0 Å². The largest absolute Gasteiger partial charge is 0.354 e. The number of benzene rings is 1. The van der Waals surface area contributed by atoms with E-state index in [4.69, 9.17) is 11.6 Å². The first-order valence-corrected chi connectivity index (χ1v) is 8.69. The zero-order valence-corrected chi connectivity index (χ0v) is 14.8. The molecule has 1 saturated heterocycles. The third-order valence-corrected chi connectivity index (χ3v) is 4.92. The lowest BCUT2D eigenvalue weighted by Gasteiger charge is -2.30. The molecule has 0 aliphatic carbocycles. The summed E-state index contributed by atoms with van der Waals surface area (Å²) in [7, 11) is 0. The van der Waals surface area contributed by atoms with Gasteiger partial charge in [-0.05, 0) is 55.5 Å². The van der Waals surface area contributed by atoms with Crippen LogP contribution < -0.4 is 5.32 Å². The van der Waals surface area contributed by atoms with Gasteiger partial charge in [0.15, 0.2) is 0 Å². The van der Waals surface area contributed by atoms with E-state index in [2.05, 4.69) is 17.2 Å². The van der Waals surface area contributed by atoms with Crippen LogP contribution in [-0.4, -0.2) is 28.9 Å². The smallest absolute Gasteiger partial charge is 0.272 e. The van der Waals surface area contributed by atoms with Crippen molar-refractivity contribution in [3.63, 3.8) is 0 Å². The number of anilines is 2. The molecule has 0 spiro atoms. The summed E-state index contributed by atoms with van der Waals surface area (Å²) in [5.41, 5.74) is 3.27. The normalized spacial score (nSPS) is 15.4. The summed E-state index contributed by atoms with van der Waals surface area (Å²) < 4.78 is 0. The number of nitrogens with zero attached hydrogens (tertiary/aromatic N) is 2. The lowest BCUT2D eigenvalue weighted by Crippen LogP contribution is -2.38. The van der Waals surface area contributed by atoms with E-state index in [9.17, 15) is 4.79 Å². The van der Waals surface area contributed by atoms with Crippen LogP contribution in [0.5, 0.6) is 0 Å². The molecule has 0 unspecified atom stereocenters. The quantitative estimate of drug-likeness (QED) is 0.881. The van der Waals surface area contributed by atoms with E-state index in [1.54, 1.807) is 12.3 Å². The maximum absolute atomic E-state index is 12.5. The third-order valence-electron chi connectivity index (χ3n) is 4.51. The van der Waals surface area contributed by atoms with Crippen molar-refractivity contribution in [3.05, 3.63) is 52.8 Å². The number of pyridine rings is 1. The van der Waals surface area contributed by atoms with E-state index in [0.717, 1.165) is 47.9 Å². The standard InChI is InChI=1S/C19H22ClN3O/c1-13-7-9-23(10-8-13)19(24)18-6-5-16(12-21-18)22-15-4-3-14(2)17(20)11-15/h3-6,11-13,22H,7-10H2,1-2H3. The van der Waals surface area contributed by atoms with Crippen LogP contribution in [-0.2, 0) is 0 Å². The molecule has 1 aliphatic rings. The van der Waals surface area contributed by atoms with Crippen LogP contribution in [0.2, 0.25) is 5.02 Å². The number of hydrogen-bond acceptors (Lipinski definition) is 3. The van der Waals surface area contributed by atoms with Gasteiger partial charge in [-0.15, -0.1) is 0 Å². The second-order valence-corrected chi connectivity index (χ2v) is 6.90. The number of carbonyl (C=O) groups excluding carboxylic acids is 1. The maximum atomic E-state index is 12.5. The first-order chi connectivity index (χ1) is 11.5. The van der Waals surface area contributed by atoms with Gasteiger partial charge in [-0.25, -0.2) is 4.98 Å². The minimum absolute atomic E-state index is 0.0202. The van der Waals surface area contributed by atoms with Gasteiger partial charge in [-0.1, -0.05) is 24.6 Å². The highest BCUT2D eigenvalue weighted by atomic mass is 35.5. The van der Waals surface area contributed by atoms with Gasteiger partial charge in [-0.3, -0.25) is 4.79 Å². The van der Waals surface area contributed by atoms with Crippen molar-refractivity contribution in [3.8, 4) is 0 Å². The van der Waals surface area contributed by atoms with Crippen LogP contribution in [0.4, 0.5) is 11.4 Å². The zero-order chi connectivity index (χ0) is 17.1. The highest BCUT2D eigenvalue weighted by molar-refractivity contribution is 6.31. The Kier molecular flexibility index (Phi) is 5.05. The molecular weight excluding hydrogens is 322 g/mol. The van der Waals surface area contributed by atoms with Crippen LogP contribution >= 0.6 is 11.6 Å². The average Bonchev–Trinajstić information content (AvgIpc) is 2.59. The Morgan fingerprint density at radius 1 is 1.21 bits per heavy atom.